The lowest BCUT2D eigenvalue weighted by Gasteiger charge is -2.19. The average Bonchev–Trinajstić information content (AvgIpc) is 2.69. The number of aliphatic hydroxyl groups excluding tert-OH is 1. The van der Waals surface area contributed by atoms with Crippen molar-refractivity contribution in [1.82, 2.24) is 4.72 Å². The minimum atomic E-state index is -3.76. The number of hydrogen-bond acceptors (Lipinski definition) is 5. The Morgan fingerprint density at radius 3 is 2.24 bits per heavy atom. The summed E-state index contributed by atoms with van der Waals surface area (Å²) in [7, 11) is -3.76. The number of aliphatic hydroxyl groups is 1. The zero-order valence-corrected chi connectivity index (χ0v) is 17.7. The fourth-order valence-corrected chi connectivity index (χ4v) is 3.55. The van der Waals surface area contributed by atoms with Gasteiger partial charge in [0.25, 0.3) is 0 Å². The minimum Gasteiger partial charge on any atom is -0.394 e. The number of hydrogen-bond donors (Lipinski definition) is 3. The maximum atomic E-state index is 12.6. The SMILES string of the molecule is Cc1ccc(C(CNS(=O)(=O)c2ccc(NC(=O)C(C)C)cc2)OCCO)cc1. The molecule has 7 nitrogen and oxygen atoms in total. The molecule has 0 heterocycles. The predicted molar refractivity (Wildman–Crippen MR) is 112 cm³/mol. The summed E-state index contributed by atoms with van der Waals surface area (Å²) in [6, 6.07) is 13.6. The summed E-state index contributed by atoms with van der Waals surface area (Å²) >= 11 is 0. The molecule has 0 bridgehead atoms. The fraction of sp³-hybridized carbons (Fsp3) is 0.381. The Hall–Kier alpha value is -2.26. The monoisotopic (exact) mass is 420 g/mol. The molecule has 158 valence electrons. The van der Waals surface area contributed by atoms with Crippen LogP contribution in [0.15, 0.2) is 53.4 Å². The second kappa shape index (κ2) is 10.5. The van der Waals surface area contributed by atoms with E-state index in [1.807, 2.05) is 31.2 Å². The molecule has 0 saturated carbocycles. The number of benzene rings is 2. The van der Waals surface area contributed by atoms with E-state index in [4.69, 9.17) is 9.84 Å². The van der Waals surface area contributed by atoms with Crippen molar-refractivity contribution in [3.05, 3.63) is 59.7 Å². The van der Waals surface area contributed by atoms with Gasteiger partial charge in [-0.3, -0.25) is 4.79 Å². The Balaban J connectivity index is 2.07. The highest BCUT2D eigenvalue weighted by molar-refractivity contribution is 7.89. The van der Waals surface area contributed by atoms with E-state index in [1.165, 1.54) is 12.1 Å². The van der Waals surface area contributed by atoms with Crippen LogP contribution in [-0.2, 0) is 19.6 Å². The molecule has 1 amide bonds. The first-order chi connectivity index (χ1) is 13.7. The lowest BCUT2D eigenvalue weighted by molar-refractivity contribution is -0.118. The van der Waals surface area contributed by atoms with Gasteiger partial charge in [-0.25, -0.2) is 13.1 Å². The number of amides is 1. The van der Waals surface area contributed by atoms with Crippen molar-refractivity contribution in [2.75, 3.05) is 25.1 Å². The average molecular weight is 421 g/mol. The zero-order chi connectivity index (χ0) is 21.4. The van der Waals surface area contributed by atoms with Crippen LogP contribution in [-0.4, -0.2) is 39.2 Å². The Labute approximate surface area is 172 Å². The lowest BCUT2D eigenvalue weighted by Crippen LogP contribution is -2.30. The van der Waals surface area contributed by atoms with Crippen molar-refractivity contribution in [2.24, 2.45) is 5.92 Å². The van der Waals surface area contributed by atoms with Crippen molar-refractivity contribution in [1.29, 1.82) is 0 Å². The molecule has 2 aromatic carbocycles. The van der Waals surface area contributed by atoms with Crippen molar-refractivity contribution in [2.45, 2.75) is 31.8 Å². The summed E-state index contributed by atoms with van der Waals surface area (Å²) in [5.74, 6) is -0.307. The lowest BCUT2D eigenvalue weighted by atomic mass is 10.1. The summed E-state index contributed by atoms with van der Waals surface area (Å²) < 4.78 is 33.4. The second-order valence-electron chi connectivity index (χ2n) is 7.01. The van der Waals surface area contributed by atoms with E-state index in [0.29, 0.717) is 5.69 Å². The number of sulfonamides is 1. The predicted octanol–water partition coefficient (Wildman–Crippen LogP) is 2.62. The van der Waals surface area contributed by atoms with Gasteiger partial charge in [-0.15, -0.1) is 0 Å². The molecule has 2 aromatic rings. The highest BCUT2D eigenvalue weighted by Gasteiger charge is 2.19. The third-order valence-corrected chi connectivity index (χ3v) is 5.71. The van der Waals surface area contributed by atoms with Gasteiger partial charge < -0.3 is 15.2 Å². The van der Waals surface area contributed by atoms with Crippen LogP contribution in [0, 0.1) is 12.8 Å². The zero-order valence-electron chi connectivity index (χ0n) is 16.9. The maximum Gasteiger partial charge on any atom is 0.240 e. The summed E-state index contributed by atoms with van der Waals surface area (Å²) in [5.41, 5.74) is 2.44. The Morgan fingerprint density at radius 1 is 1.07 bits per heavy atom. The summed E-state index contributed by atoms with van der Waals surface area (Å²) in [4.78, 5) is 11.8. The van der Waals surface area contributed by atoms with Gasteiger partial charge >= 0.3 is 0 Å². The van der Waals surface area contributed by atoms with Crippen molar-refractivity contribution < 1.29 is 23.1 Å². The van der Waals surface area contributed by atoms with Crippen LogP contribution in [0.25, 0.3) is 0 Å². The molecule has 0 saturated heterocycles. The van der Waals surface area contributed by atoms with Crippen LogP contribution in [0.3, 0.4) is 0 Å². The second-order valence-corrected chi connectivity index (χ2v) is 8.78. The number of aryl methyl sites for hydroxylation is 1. The first-order valence-electron chi connectivity index (χ1n) is 9.42. The summed E-state index contributed by atoms with van der Waals surface area (Å²) in [6.45, 7) is 5.49. The first kappa shape index (κ1) is 23.0. The molecule has 1 atom stereocenters. The van der Waals surface area contributed by atoms with Crippen molar-refractivity contribution >= 4 is 21.6 Å². The third-order valence-electron chi connectivity index (χ3n) is 4.27. The molecule has 0 fully saturated rings. The van der Waals surface area contributed by atoms with E-state index in [-0.39, 0.29) is 36.5 Å². The van der Waals surface area contributed by atoms with Crippen LogP contribution >= 0.6 is 0 Å². The smallest absolute Gasteiger partial charge is 0.240 e. The van der Waals surface area contributed by atoms with E-state index in [0.717, 1.165) is 11.1 Å². The molecule has 2 rings (SSSR count). The molecule has 0 radical (unpaired) electrons. The van der Waals surface area contributed by atoms with Gasteiger partial charge in [-0.1, -0.05) is 43.7 Å². The van der Waals surface area contributed by atoms with Gasteiger partial charge in [0.2, 0.25) is 15.9 Å². The quantitative estimate of drug-likeness (QED) is 0.548. The van der Waals surface area contributed by atoms with Gasteiger partial charge in [0.15, 0.2) is 0 Å². The highest BCUT2D eigenvalue weighted by atomic mass is 32.2. The molecule has 0 aliphatic rings. The van der Waals surface area contributed by atoms with Crippen molar-refractivity contribution in [3.63, 3.8) is 0 Å². The van der Waals surface area contributed by atoms with Gasteiger partial charge in [0, 0.05) is 18.2 Å². The van der Waals surface area contributed by atoms with Gasteiger partial charge in [-0.05, 0) is 36.8 Å². The number of carbonyl (C=O) groups excluding carboxylic acids is 1. The van der Waals surface area contributed by atoms with Crippen LogP contribution in [0.1, 0.15) is 31.1 Å². The standard InChI is InChI=1S/C21H28N2O5S/c1-15(2)21(25)23-18-8-10-19(11-9-18)29(26,27)22-14-20(28-13-12-24)17-6-4-16(3)5-7-17/h4-11,15,20,22,24H,12-14H2,1-3H3,(H,23,25). The Kier molecular flexibility index (Phi) is 8.33. The molecule has 0 aliphatic carbocycles. The summed E-state index contributed by atoms with van der Waals surface area (Å²) in [5, 5.41) is 11.8. The molecule has 3 N–H and O–H groups in total. The van der Waals surface area contributed by atoms with Gasteiger partial charge in [0.05, 0.1) is 24.2 Å². The molecule has 0 spiro atoms. The molecular formula is C21H28N2O5S. The minimum absolute atomic E-state index is 0.0250. The number of ether oxygens (including phenoxy) is 1. The Morgan fingerprint density at radius 2 is 1.69 bits per heavy atom. The normalized spacial score (nSPS) is 12.7. The Bertz CT molecular complexity index is 894. The molecule has 8 heteroatoms. The van der Waals surface area contributed by atoms with Crippen LogP contribution in [0.4, 0.5) is 5.69 Å². The number of carbonyl (C=O) groups is 1. The summed E-state index contributed by atoms with van der Waals surface area (Å²) in [6.07, 6.45) is -0.526. The van der Waals surface area contributed by atoms with E-state index in [2.05, 4.69) is 10.0 Å². The molecule has 0 aromatic heterocycles. The molecule has 29 heavy (non-hydrogen) atoms. The number of nitrogens with one attached hydrogen (secondary N) is 2. The van der Waals surface area contributed by atoms with Crippen LogP contribution in [0.2, 0.25) is 0 Å². The van der Waals surface area contributed by atoms with E-state index >= 15 is 0 Å². The van der Waals surface area contributed by atoms with Gasteiger partial charge in [0.1, 0.15) is 0 Å². The topological polar surface area (TPSA) is 105 Å². The molecule has 1 unspecified atom stereocenters. The molecular weight excluding hydrogens is 392 g/mol. The van der Waals surface area contributed by atoms with E-state index in [9.17, 15) is 13.2 Å². The number of rotatable bonds is 10. The third kappa shape index (κ3) is 6.93. The highest BCUT2D eigenvalue weighted by Crippen LogP contribution is 2.19. The first-order valence-corrected chi connectivity index (χ1v) is 10.9. The van der Waals surface area contributed by atoms with E-state index in [1.54, 1.807) is 26.0 Å². The number of anilines is 1. The van der Waals surface area contributed by atoms with Crippen LogP contribution < -0.4 is 10.0 Å². The van der Waals surface area contributed by atoms with Crippen molar-refractivity contribution in [3.8, 4) is 0 Å². The molecule has 0 aliphatic heterocycles. The van der Waals surface area contributed by atoms with E-state index < -0.39 is 16.1 Å². The largest absolute Gasteiger partial charge is 0.394 e. The fourth-order valence-electron chi connectivity index (χ4n) is 2.52. The maximum absolute atomic E-state index is 12.6. The van der Waals surface area contributed by atoms with Crippen LogP contribution in [0.5, 0.6) is 0 Å². The van der Waals surface area contributed by atoms with Gasteiger partial charge in [-0.2, -0.15) is 0 Å².